The number of carboxylic acid groups (broad SMARTS) is 1. The number of allylic oxidation sites excluding steroid dienone is 2. The monoisotopic (exact) mass is 1210 g/mol. The number of carboxylic acids is 1. The van der Waals surface area contributed by atoms with Crippen molar-refractivity contribution in [2.24, 2.45) is 50.2 Å². The first-order chi connectivity index (χ1) is 39.1. The van der Waals surface area contributed by atoms with Gasteiger partial charge in [-0.1, -0.05) is 60.1 Å². The molecular weight excluding hydrogens is 1120 g/mol. The molecule has 5 saturated heterocycles. The molecule has 5 aliphatic heterocycles. The molecular formula is C57H90O27. The van der Waals surface area contributed by atoms with Crippen molar-refractivity contribution < 1.29 is 134 Å². The summed E-state index contributed by atoms with van der Waals surface area (Å²) in [5.41, 5.74) is -3.45. The maximum Gasteiger partial charge on any atom is 0.335 e. The van der Waals surface area contributed by atoms with Crippen molar-refractivity contribution in [3.8, 4) is 0 Å². The Morgan fingerprint density at radius 1 is 0.536 bits per heavy atom. The highest BCUT2D eigenvalue weighted by atomic mass is 16.8. The van der Waals surface area contributed by atoms with E-state index in [0.29, 0.717) is 32.1 Å². The van der Waals surface area contributed by atoms with E-state index in [2.05, 4.69) is 40.7 Å². The highest BCUT2D eigenvalue weighted by Gasteiger charge is 2.73. The zero-order valence-corrected chi connectivity index (χ0v) is 48.6. The Labute approximate surface area is 486 Å². The minimum atomic E-state index is -1.98. The molecule has 0 amide bonds. The summed E-state index contributed by atoms with van der Waals surface area (Å²) < 4.78 is 58.4. The van der Waals surface area contributed by atoms with Gasteiger partial charge in [-0.25, -0.2) is 4.79 Å². The number of hydrogen-bond acceptors (Lipinski definition) is 26. The van der Waals surface area contributed by atoms with Crippen molar-refractivity contribution in [3.63, 3.8) is 0 Å². The maximum atomic E-state index is 15.4. The van der Waals surface area contributed by atoms with Gasteiger partial charge in [0.15, 0.2) is 37.4 Å². The molecule has 4 saturated carbocycles. The van der Waals surface area contributed by atoms with Crippen LogP contribution in [0, 0.1) is 50.2 Å². The van der Waals surface area contributed by atoms with Gasteiger partial charge in [-0.05, 0) is 103 Å². The number of ether oxygens (including phenoxy) is 10. The van der Waals surface area contributed by atoms with E-state index < -0.39 is 218 Å². The van der Waals surface area contributed by atoms with Gasteiger partial charge in [0.2, 0.25) is 6.29 Å². The lowest BCUT2D eigenvalue weighted by molar-refractivity contribution is -0.375. The number of aliphatic hydroxyl groups is 14. The van der Waals surface area contributed by atoms with E-state index >= 15 is 4.79 Å². The SMILES string of the molecule is CC1OC(OC2C(OC(=O)C34CCC(C)(C)CC3C3=CCC5C6(C)CC(O)C(OC7OC(C(=O)O)C(O)C(O)C7O)C(C)(C)C6CCC5(C)C3(C)CC4O)OCC(O)C2O)C(O)C(O)C1OC1OCC(O)C(OC2OCC(O)C(O)C2O)C1O. The van der Waals surface area contributed by atoms with Crippen LogP contribution in [0.4, 0.5) is 0 Å². The van der Waals surface area contributed by atoms with E-state index in [0.717, 1.165) is 5.57 Å². The van der Waals surface area contributed by atoms with Crippen LogP contribution in [0.2, 0.25) is 0 Å². The largest absolute Gasteiger partial charge is 0.479 e. The molecule has 84 heavy (non-hydrogen) atoms. The maximum absolute atomic E-state index is 15.4. The number of fused-ring (bicyclic) bond motifs is 7. The van der Waals surface area contributed by atoms with E-state index in [4.69, 9.17) is 47.4 Å². The molecule has 5 aliphatic carbocycles. The highest BCUT2D eigenvalue weighted by Crippen LogP contribution is 2.76. The molecule has 15 N–H and O–H groups in total. The first-order valence-corrected chi connectivity index (χ1v) is 29.6. The first-order valence-electron chi connectivity index (χ1n) is 29.6. The predicted octanol–water partition coefficient (Wildman–Crippen LogP) is -3.23. The first kappa shape index (κ1) is 64.7. The van der Waals surface area contributed by atoms with Crippen LogP contribution in [-0.2, 0) is 57.0 Å². The average Bonchev–Trinajstić information content (AvgIpc) is 0.690. The summed E-state index contributed by atoms with van der Waals surface area (Å²) in [4.78, 5) is 27.4. The normalized spacial score (nSPS) is 54.6. The average molecular weight is 1210 g/mol. The van der Waals surface area contributed by atoms with Crippen LogP contribution in [0.3, 0.4) is 0 Å². The van der Waals surface area contributed by atoms with Crippen LogP contribution in [-0.4, -0.2) is 262 Å². The molecule has 10 aliphatic rings. The van der Waals surface area contributed by atoms with Crippen LogP contribution in [0.5, 0.6) is 0 Å². The number of hydrogen-bond donors (Lipinski definition) is 15. The van der Waals surface area contributed by atoms with Crippen LogP contribution < -0.4 is 0 Å². The molecule has 0 spiro atoms. The van der Waals surface area contributed by atoms with Crippen molar-refractivity contribution in [1.29, 1.82) is 0 Å². The van der Waals surface area contributed by atoms with Crippen molar-refractivity contribution in [1.82, 2.24) is 0 Å². The number of esters is 1. The summed E-state index contributed by atoms with van der Waals surface area (Å²) in [6.45, 7) is 14.7. The van der Waals surface area contributed by atoms with Gasteiger partial charge < -0.3 is 124 Å². The number of aliphatic hydroxyl groups excluding tert-OH is 14. The highest BCUT2D eigenvalue weighted by molar-refractivity contribution is 5.80. The molecule has 0 aromatic rings. The Morgan fingerprint density at radius 3 is 1.77 bits per heavy atom. The summed E-state index contributed by atoms with van der Waals surface area (Å²) in [7, 11) is 0. The molecule has 32 unspecified atom stereocenters. The number of carbonyl (C=O) groups excluding carboxylic acids is 1. The molecule has 480 valence electrons. The van der Waals surface area contributed by atoms with Gasteiger partial charge in [-0.3, -0.25) is 4.79 Å². The molecule has 32 atom stereocenters. The molecule has 27 nitrogen and oxygen atoms in total. The Balaban J connectivity index is 0.852. The van der Waals surface area contributed by atoms with Crippen molar-refractivity contribution in [3.05, 3.63) is 11.6 Å². The van der Waals surface area contributed by atoms with E-state index in [1.165, 1.54) is 6.92 Å². The molecule has 0 aromatic carbocycles. The van der Waals surface area contributed by atoms with E-state index in [1.54, 1.807) is 0 Å². The van der Waals surface area contributed by atoms with Crippen molar-refractivity contribution in [2.45, 2.75) is 260 Å². The summed E-state index contributed by atoms with van der Waals surface area (Å²) in [5.74, 6) is -3.15. The lowest BCUT2D eigenvalue weighted by atomic mass is 9.33. The lowest BCUT2D eigenvalue weighted by Gasteiger charge is -2.72. The Morgan fingerprint density at radius 2 is 1.11 bits per heavy atom. The smallest absolute Gasteiger partial charge is 0.335 e. The van der Waals surface area contributed by atoms with Gasteiger partial charge in [0, 0.05) is 0 Å². The van der Waals surface area contributed by atoms with Gasteiger partial charge in [-0.15, -0.1) is 0 Å². The van der Waals surface area contributed by atoms with Gasteiger partial charge in [-0.2, -0.15) is 0 Å². The second kappa shape index (κ2) is 23.2. The minimum Gasteiger partial charge on any atom is -0.479 e. The second-order valence-corrected chi connectivity index (χ2v) is 28.0. The van der Waals surface area contributed by atoms with Crippen LogP contribution in [0.15, 0.2) is 11.6 Å². The van der Waals surface area contributed by atoms with Gasteiger partial charge >= 0.3 is 11.9 Å². The van der Waals surface area contributed by atoms with Crippen molar-refractivity contribution >= 4 is 11.9 Å². The Bertz CT molecular complexity index is 2410. The number of rotatable bonds is 11. The molecule has 9 fully saturated rings. The Hall–Kier alpha value is -2.24. The fraction of sp³-hybridized carbons (Fsp3) is 0.930. The third-order valence-electron chi connectivity index (χ3n) is 22.2. The minimum absolute atomic E-state index is 0.0817. The fourth-order valence-corrected chi connectivity index (χ4v) is 17.4. The van der Waals surface area contributed by atoms with E-state index in [9.17, 15) is 81.4 Å². The number of aliphatic carboxylic acids is 1. The summed E-state index contributed by atoms with van der Waals surface area (Å²) in [5, 5.41) is 165. The molecule has 0 bridgehead atoms. The van der Waals surface area contributed by atoms with E-state index in [-0.39, 0.29) is 36.5 Å². The Kier molecular flexibility index (Phi) is 17.9. The molecule has 0 radical (unpaired) electrons. The predicted molar refractivity (Wildman–Crippen MR) is 279 cm³/mol. The lowest BCUT2D eigenvalue weighted by Crippen LogP contribution is -2.70. The van der Waals surface area contributed by atoms with Gasteiger partial charge in [0.25, 0.3) is 0 Å². The topological polar surface area (TPSA) is 430 Å². The van der Waals surface area contributed by atoms with Gasteiger partial charge in [0.1, 0.15) is 90.9 Å². The molecule has 5 heterocycles. The standard InChI is InChI=1S/C57H90O27/c1-21-40(79-47-39(71)41(27(61)20-76-47)80-46-36(68)31(63)25(59)18-75-46)35(67)38(70)48(78-21)82-43-32(64)26(60)19-77-50(43)84-51(74)57-14-13-52(2,3)15-23(57)22-9-10-29-54(6)16-24(58)44(83-49-37(69)33(65)34(66)42(81-49)45(72)73)53(4,5)28(54)11-12-55(29,7)56(22,8)17-30(57)62/h9,21,23-44,46-50,58-71H,10-20H2,1-8H3,(H,72,73). The summed E-state index contributed by atoms with van der Waals surface area (Å²) in [6, 6.07) is 0. The molecule has 27 heteroatoms. The second-order valence-electron chi connectivity index (χ2n) is 28.0. The number of carbonyl (C=O) groups is 2. The van der Waals surface area contributed by atoms with Crippen LogP contribution >= 0.6 is 0 Å². The zero-order valence-electron chi connectivity index (χ0n) is 48.6. The fourth-order valence-electron chi connectivity index (χ4n) is 17.4. The zero-order chi connectivity index (χ0) is 61.5. The summed E-state index contributed by atoms with van der Waals surface area (Å²) >= 11 is 0. The molecule has 10 rings (SSSR count). The summed E-state index contributed by atoms with van der Waals surface area (Å²) in [6.07, 6.45) is -35.1. The van der Waals surface area contributed by atoms with Crippen molar-refractivity contribution in [2.75, 3.05) is 19.8 Å². The molecule has 0 aromatic heterocycles. The van der Waals surface area contributed by atoms with Gasteiger partial charge in [0.05, 0.1) is 44.2 Å². The third-order valence-corrected chi connectivity index (χ3v) is 22.2. The van der Waals surface area contributed by atoms with Crippen LogP contribution in [0.1, 0.15) is 107 Å². The van der Waals surface area contributed by atoms with Crippen LogP contribution in [0.25, 0.3) is 0 Å². The third kappa shape index (κ3) is 10.5. The van der Waals surface area contributed by atoms with E-state index in [1.807, 2.05) is 13.8 Å². The quantitative estimate of drug-likeness (QED) is 0.0549.